The van der Waals surface area contributed by atoms with Crippen molar-refractivity contribution in [2.45, 2.75) is 6.42 Å². The quantitative estimate of drug-likeness (QED) is 0.344. The molecule has 2 saturated carbocycles. The maximum Gasteiger partial charge on any atom is 0.238 e. The van der Waals surface area contributed by atoms with Crippen LogP contribution in [0.15, 0.2) is 48.6 Å². The van der Waals surface area contributed by atoms with E-state index in [-0.39, 0.29) is 47.5 Å². The van der Waals surface area contributed by atoms with Crippen LogP contribution in [0.2, 0.25) is 0 Å². The fourth-order valence-corrected chi connectivity index (χ4v) is 6.20. The van der Waals surface area contributed by atoms with Crippen LogP contribution in [0.3, 0.4) is 0 Å². The number of carbonyl (C=O) groups excluding carboxylic acids is 3. The van der Waals surface area contributed by atoms with Crippen LogP contribution in [0.1, 0.15) is 16.8 Å². The highest BCUT2D eigenvalue weighted by atomic mass is 19.1. The van der Waals surface area contributed by atoms with E-state index in [4.69, 9.17) is 14.2 Å². The molecule has 5 aliphatic rings. The molecule has 7 nitrogen and oxygen atoms in total. The minimum absolute atomic E-state index is 0.0685. The van der Waals surface area contributed by atoms with Gasteiger partial charge in [0, 0.05) is 11.6 Å². The highest BCUT2D eigenvalue weighted by molar-refractivity contribution is 6.22. The molecule has 0 spiro atoms. The van der Waals surface area contributed by atoms with Crippen LogP contribution in [0.25, 0.3) is 0 Å². The molecular formula is C27H24FNO6. The summed E-state index contributed by atoms with van der Waals surface area (Å²) in [6.45, 7) is -0.322. The van der Waals surface area contributed by atoms with Crippen molar-refractivity contribution >= 4 is 23.3 Å². The highest BCUT2D eigenvalue weighted by Gasteiger charge is 2.67. The Bertz CT molecular complexity index is 1250. The summed E-state index contributed by atoms with van der Waals surface area (Å²) >= 11 is 0. The Balaban J connectivity index is 1.17. The van der Waals surface area contributed by atoms with Crippen molar-refractivity contribution in [2.24, 2.45) is 35.5 Å². The summed E-state index contributed by atoms with van der Waals surface area (Å²) in [6.07, 6.45) is 5.23. The lowest BCUT2D eigenvalue weighted by Crippen LogP contribution is -2.40. The fraction of sp³-hybridized carbons (Fsp3) is 0.370. The SMILES string of the molecule is COc1ccc(C(=O)COc2ccc(N3C(=O)C4C5C=CC(C6CC56)C4C3=O)c(F)c2)cc1OC. The van der Waals surface area contributed by atoms with Crippen molar-refractivity contribution in [2.75, 3.05) is 25.7 Å². The monoisotopic (exact) mass is 477 g/mol. The normalized spacial score (nSPS) is 29.6. The first-order valence-electron chi connectivity index (χ1n) is 11.7. The highest BCUT2D eigenvalue weighted by Crippen LogP contribution is 2.65. The third kappa shape index (κ3) is 3.26. The molecule has 2 aromatic rings. The summed E-state index contributed by atoms with van der Waals surface area (Å²) in [4.78, 5) is 40.0. The van der Waals surface area contributed by atoms with Crippen molar-refractivity contribution < 1.29 is 33.0 Å². The summed E-state index contributed by atoms with van der Waals surface area (Å²) in [7, 11) is 2.98. The molecule has 4 aliphatic carbocycles. The molecule has 7 rings (SSSR count). The molecule has 8 heteroatoms. The van der Waals surface area contributed by atoms with E-state index in [1.165, 1.54) is 26.4 Å². The zero-order valence-electron chi connectivity index (χ0n) is 19.3. The first kappa shape index (κ1) is 21.8. The van der Waals surface area contributed by atoms with Gasteiger partial charge in [-0.3, -0.25) is 14.4 Å². The molecule has 35 heavy (non-hydrogen) atoms. The number of hydrogen-bond donors (Lipinski definition) is 0. The number of imide groups is 1. The number of rotatable bonds is 7. The van der Waals surface area contributed by atoms with Crippen LogP contribution < -0.4 is 19.1 Å². The van der Waals surface area contributed by atoms with Gasteiger partial charge in [-0.05, 0) is 60.4 Å². The van der Waals surface area contributed by atoms with E-state index >= 15 is 4.39 Å². The lowest BCUT2D eigenvalue weighted by Gasteiger charge is -2.37. The summed E-state index contributed by atoms with van der Waals surface area (Å²) in [5, 5.41) is 0. The zero-order valence-corrected chi connectivity index (χ0v) is 19.3. The predicted octanol–water partition coefficient (Wildman–Crippen LogP) is 3.66. The molecule has 1 saturated heterocycles. The van der Waals surface area contributed by atoms with E-state index in [0.29, 0.717) is 28.9 Å². The van der Waals surface area contributed by atoms with Gasteiger partial charge in [0.25, 0.3) is 0 Å². The molecule has 0 radical (unpaired) electrons. The molecule has 6 atom stereocenters. The van der Waals surface area contributed by atoms with Gasteiger partial charge in [0.1, 0.15) is 5.75 Å². The number of carbonyl (C=O) groups is 3. The number of benzene rings is 2. The number of hydrogen-bond acceptors (Lipinski definition) is 6. The van der Waals surface area contributed by atoms with Crippen LogP contribution >= 0.6 is 0 Å². The first-order valence-corrected chi connectivity index (χ1v) is 11.7. The number of halogens is 1. The number of methoxy groups -OCH3 is 2. The molecule has 3 fully saturated rings. The third-order valence-corrected chi connectivity index (χ3v) is 7.90. The number of ketones is 1. The summed E-state index contributed by atoms with van der Waals surface area (Å²) in [6, 6.07) is 8.69. The Morgan fingerprint density at radius 1 is 0.943 bits per heavy atom. The zero-order chi connectivity index (χ0) is 24.4. The summed E-state index contributed by atoms with van der Waals surface area (Å²) in [5.74, 6) is -0.358. The smallest absolute Gasteiger partial charge is 0.238 e. The number of allylic oxidation sites excluding steroid dienone is 2. The van der Waals surface area contributed by atoms with Gasteiger partial charge in [-0.25, -0.2) is 9.29 Å². The summed E-state index contributed by atoms with van der Waals surface area (Å²) in [5.41, 5.74) is 0.290. The Kier molecular flexibility index (Phi) is 4.95. The molecule has 180 valence electrons. The van der Waals surface area contributed by atoms with E-state index in [2.05, 4.69) is 12.2 Å². The lowest BCUT2D eigenvalue weighted by molar-refractivity contribution is -0.124. The molecule has 6 unspecified atom stereocenters. The van der Waals surface area contributed by atoms with E-state index in [1.807, 2.05) is 0 Å². The first-order chi connectivity index (χ1) is 16.9. The Hall–Kier alpha value is -3.68. The Morgan fingerprint density at radius 3 is 2.20 bits per heavy atom. The second kappa shape index (κ2) is 7.93. The molecule has 2 bridgehead atoms. The van der Waals surface area contributed by atoms with Gasteiger partial charge in [0.15, 0.2) is 29.7 Å². The molecular weight excluding hydrogens is 453 g/mol. The standard InChI is InChI=1S/C27H24FNO6/c1-33-22-8-3-13(9-23(22)34-2)21(30)12-35-14-4-7-20(19(28)10-14)29-26(31)24-15-5-6-16(18-11-17(15)18)25(24)27(29)32/h3-10,15-18,24-25H,11-12H2,1-2H3. The molecule has 1 aliphatic heterocycles. The number of ether oxygens (including phenoxy) is 3. The minimum Gasteiger partial charge on any atom is -0.493 e. The Labute approximate surface area is 201 Å². The Morgan fingerprint density at radius 2 is 1.60 bits per heavy atom. The van der Waals surface area contributed by atoms with E-state index < -0.39 is 17.7 Å². The third-order valence-electron chi connectivity index (χ3n) is 7.90. The van der Waals surface area contributed by atoms with Gasteiger partial charge in [-0.1, -0.05) is 12.2 Å². The van der Waals surface area contributed by atoms with Crippen LogP contribution in [0.4, 0.5) is 10.1 Å². The topological polar surface area (TPSA) is 82.1 Å². The predicted molar refractivity (Wildman–Crippen MR) is 123 cm³/mol. The van der Waals surface area contributed by atoms with Crippen molar-refractivity contribution in [1.29, 1.82) is 0 Å². The van der Waals surface area contributed by atoms with Gasteiger partial charge >= 0.3 is 0 Å². The van der Waals surface area contributed by atoms with Crippen molar-refractivity contribution in [3.63, 3.8) is 0 Å². The van der Waals surface area contributed by atoms with Crippen molar-refractivity contribution in [1.82, 2.24) is 0 Å². The number of amides is 2. The van der Waals surface area contributed by atoms with Gasteiger partial charge < -0.3 is 14.2 Å². The van der Waals surface area contributed by atoms with Gasteiger partial charge in [0.05, 0.1) is 31.7 Å². The number of Topliss-reactive ketones (excluding diaryl/α,β-unsaturated/α-hetero) is 1. The van der Waals surface area contributed by atoms with Crippen LogP contribution in [0.5, 0.6) is 17.2 Å². The van der Waals surface area contributed by atoms with E-state index in [9.17, 15) is 14.4 Å². The second-order valence-electron chi connectivity index (χ2n) is 9.56. The van der Waals surface area contributed by atoms with Crippen LogP contribution in [-0.2, 0) is 9.59 Å². The van der Waals surface area contributed by atoms with Gasteiger partial charge in [-0.2, -0.15) is 0 Å². The van der Waals surface area contributed by atoms with E-state index in [1.54, 1.807) is 18.2 Å². The number of anilines is 1. The number of nitrogens with zero attached hydrogens (tertiary/aromatic N) is 1. The van der Waals surface area contributed by atoms with Crippen LogP contribution in [-0.4, -0.2) is 38.4 Å². The fourth-order valence-electron chi connectivity index (χ4n) is 6.20. The minimum atomic E-state index is -0.744. The molecule has 0 N–H and O–H groups in total. The van der Waals surface area contributed by atoms with E-state index in [0.717, 1.165) is 17.4 Å². The largest absolute Gasteiger partial charge is 0.493 e. The lowest BCUT2D eigenvalue weighted by atomic mass is 9.63. The van der Waals surface area contributed by atoms with Crippen molar-refractivity contribution in [3.8, 4) is 17.2 Å². The molecule has 2 amide bonds. The van der Waals surface area contributed by atoms with Crippen LogP contribution in [0, 0.1) is 41.3 Å². The maximum absolute atomic E-state index is 15.1. The average Bonchev–Trinajstić information content (AvgIpc) is 3.66. The van der Waals surface area contributed by atoms with Crippen molar-refractivity contribution in [3.05, 3.63) is 59.9 Å². The summed E-state index contributed by atoms with van der Waals surface area (Å²) < 4.78 is 31.0. The maximum atomic E-state index is 15.1. The van der Waals surface area contributed by atoms with Gasteiger partial charge in [0.2, 0.25) is 11.8 Å². The van der Waals surface area contributed by atoms with Gasteiger partial charge in [-0.15, -0.1) is 0 Å². The molecule has 0 aromatic heterocycles. The second-order valence-corrected chi connectivity index (χ2v) is 9.56. The average molecular weight is 477 g/mol. The molecule has 2 aromatic carbocycles. The molecule has 1 heterocycles.